The van der Waals surface area contributed by atoms with Crippen molar-refractivity contribution in [3.05, 3.63) is 11.8 Å². The van der Waals surface area contributed by atoms with Gasteiger partial charge in [0.1, 0.15) is 0 Å². The molecule has 0 aliphatic heterocycles. The van der Waals surface area contributed by atoms with Crippen molar-refractivity contribution in [1.29, 1.82) is 0 Å². The van der Waals surface area contributed by atoms with Gasteiger partial charge in [0.15, 0.2) is 0 Å². The summed E-state index contributed by atoms with van der Waals surface area (Å²) in [6.07, 6.45) is 6.71. The molecule has 4 nitrogen and oxygen atoms in total. The molecule has 0 saturated heterocycles. The second-order valence-corrected chi connectivity index (χ2v) is 6.19. The fraction of sp³-hybridized carbons (Fsp3) is 0.812. The first-order chi connectivity index (χ1) is 9.37. The van der Waals surface area contributed by atoms with Gasteiger partial charge in [0.05, 0.1) is 12.1 Å². The van der Waals surface area contributed by atoms with E-state index in [1.165, 1.54) is 18.5 Å². The lowest BCUT2D eigenvalue weighted by Gasteiger charge is -2.31. The summed E-state index contributed by atoms with van der Waals surface area (Å²) >= 11 is 0. The van der Waals surface area contributed by atoms with E-state index in [-0.39, 0.29) is 5.91 Å². The van der Waals surface area contributed by atoms with Crippen LogP contribution in [0.1, 0.15) is 53.4 Å². The number of aliphatic hydroxyl groups is 1. The van der Waals surface area contributed by atoms with E-state index in [2.05, 4.69) is 6.08 Å². The van der Waals surface area contributed by atoms with Gasteiger partial charge < -0.3 is 10.0 Å². The van der Waals surface area contributed by atoms with E-state index < -0.39 is 5.60 Å². The van der Waals surface area contributed by atoms with Gasteiger partial charge in [0.25, 0.3) is 0 Å². The molecular formula is C16H30N2O2. The molecule has 0 saturated carbocycles. The van der Waals surface area contributed by atoms with E-state index >= 15 is 0 Å². The Balaban J connectivity index is 2.63. The molecule has 1 aliphatic rings. The molecule has 20 heavy (non-hydrogen) atoms. The number of rotatable bonds is 7. The topological polar surface area (TPSA) is 43.8 Å². The van der Waals surface area contributed by atoms with Crippen molar-refractivity contribution in [2.45, 2.75) is 59.0 Å². The van der Waals surface area contributed by atoms with Crippen molar-refractivity contribution in [2.75, 3.05) is 26.2 Å². The molecule has 0 aromatic carbocycles. The Morgan fingerprint density at radius 3 is 2.45 bits per heavy atom. The molecule has 0 aromatic heterocycles. The van der Waals surface area contributed by atoms with Gasteiger partial charge in [0.2, 0.25) is 5.91 Å². The average Bonchev–Trinajstić information content (AvgIpc) is 2.38. The summed E-state index contributed by atoms with van der Waals surface area (Å²) in [5.74, 6) is 0.145. The van der Waals surface area contributed by atoms with Crippen LogP contribution >= 0.6 is 0 Å². The molecular weight excluding hydrogens is 252 g/mol. The van der Waals surface area contributed by atoms with Crippen LogP contribution in [0.15, 0.2) is 11.8 Å². The molecule has 0 fully saturated rings. The van der Waals surface area contributed by atoms with Crippen molar-refractivity contribution in [2.24, 2.45) is 0 Å². The van der Waals surface area contributed by atoms with Crippen LogP contribution in [0.5, 0.6) is 0 Å². The van der Waals surface area contributed by atoms with E-state index in [9.17, 15) is 9.90 Å². The molecule has 116 valence electrons. The Morgan fingerprint density at radius 1 is 1.30 bits per heavy atom. The number of carbonyl (C=O) groups excluding carboxylic acids is 1. The number of allylic oxidation sites excluding steroid dienone is 2. The first-order valence-corrected chi connectivity index (χ1v) is 7.81. The third-order valence-electron chi connectivity index (χ3n) is 3.65. The van der Waals surface area contributed by atoms with Crippen LogP contribution < -0.4 is 0 Å². The van der Waals surface area contributed by atoms with Crippen molar-refractivity contribution in [3.8, 4) is 0 Å². The van der Waals surface area contributed by atoms with Crippen LogP contribution in [-0.2, 0) is 4.79 Å². The summed E-state index contributed by atoms with van der Waals surface area (Å²) in [6, 6.07) is 0. The third kappa shape index (κ3) is 5.63. The zero-order valence-electron chi connectivity index (χ0n) is 13.5. The maximum Gasteiger partial charge on any atom is 0.240 e. The predicted molar refractivity (Wildman–Crippen MR) is 82.3 cm³/mol. The van der Waals surface area contributed by atoms with Crippen LogP contribution in [0.4, 0.5) is 0 Å². The average molecular weight is 282 g/mol. The largest absolute Gasteiger partial charge is 0.389 e. The van der Waals surface area contributed by atoms with Crippen molar-refractivity contribution >= 4 is 5.91 Å². The second-order valence-electron chi connectivity index (χ2n) is 6.19. The zero-order valence-corrected chi connectivity index (χ0v) is 13.5. The smallest absolute Gasteiger partial charge is 0.240 e. The van der Waals surface area contributed by atoms with Crippen LogP contribution in [0.25, 0.3) is 0 Å². The first kappa shape index (κ1) is 17.2. The molecule has 0 atom stereocenters. The Labute approximate surface area is 123 Å². The summed E-state index contributed by atoms with van der Waals surface area (Å²) in [4.78, 5) is 16.4. The van der Waals surface area contributed by atoms with Gasteiger partial charge >= 0.3 is 0 Å². The van der Waals surface area contributed by atoms with Gasteiger partial charge in [-0.1, -0.05) is 13.0 Å². The molecule has 4 heteroatoms. The number of hydrogen-bond acceptors (Lipinski definition) is 3. The normalized spacial score (nSPS) is 16.2. The maximum absolute atomic E-state index is 12.5. The molecule has 1 amide bonds. The van der Waals surface area contributed by atoms with Gasteiger partial charge in [-0.15, -0.1) is 0 Å². The number of likely N-dealkylation sites (N-methyl/N-ethyl adjacent to an activating group) is 2. The SMILES string of the molecule is CCN(CC(=O)N(CC)C1=CCCCC1)CC(C)(C)O. The van der Waals surface area contributed by atoms with Gasteiger partial charge in [-0.3, -0.25) is 9.69 Å². The second kappa shape index (κ2) is 7.79. The lowest BCUT2D eigenvalue weighted by Crippen LogP contribution is -2.45. The predicted octanol–water partition coefficient (Wildman–Crippen LogP) is 2.39. The van der Waals surface area contributed by atoms with E-state index in [0.717, 1.165) is 25.9 Å². The van der Waals surface area contributed by atoms with Crippen LogP contribution in [0, 0.1) is 0 Å². The zero-order chi connectivity index (χ0) is 15.2. The standard InChI is InChI=1S/C16H30N2O2/c1-5-17(13-16(3,4)20)12-15(19)18(6-2)14-10-8-7-9-11-14/h10,20H,5-9,11-13H2,1-4H3. The summed E-state index contributed by atoms with van der Waals surface area (Å²) in [5, 5.41) is 9.90. The number of amides is 1. The number of hydrogen-bond donors (Lipinski definition) is 1. The lowest BCUT2D eigenvalue weighted by molar-refractivity contribution is -0.131. The minimum Gasteiger partial charge on any atom is -0.389 e. The molecule has 0 aromatic rings. The van der Waals surface area contributed by atoms with E-state index in [0.29, 0.717) is 13.1 Å². The monoisotopic (exact) mass is 282 g/mol. The fourth-order valence-electron chi connectivity index (χ4n) is 2.71. The van der Waals surface area contributed by atoms with Crippen molar-refractivity contribution in [3.63, 3.8) is 0 Å². The maximum atomic E-state index is 12.5. The summed E-state index contributed by atoms with van der Waals surface area (Å²) < 4.78 is 0. The van der Waals surface area contributed by atoms with Crippen LogP contribution in [0.2, 0.25) is 0 Å². The lowest BCUT2D eigenvalue weighted by atomic mass is 10.0. The third-order valence-corrected chi connectivity index (χ3v) is 3.65. The molecule has 0 radical (unpaired) electrons. The summed E-state index contributed by atoms with van der Waals surface area (Å²) in [7, 11) is 0. The van der Waals surface area contributed by atoms with Gasteiger partial charge in [0, 0.05) is 18.8 Å². The number of nitrogens with zero attached hydrogens (tertiary/aromatic N) is 2. The molecule has 1 aliphatic carbocycles. The van der Waals surface area contributed by atoms with Crippen LogP contribution in [-0.4, -0.2) is 52.6 Å². The molecule has 0 unspecified atom stereocenters. The molecule has 0 spiro atoms. The number of carbonyl (C=O) groups is 1. The Hall–Kier alpha value is -0.870. The van der Waals surface area contributed by atoms with Crippen molar-refractivity contribution in [1.82, 2.24) is 9.80 Å². The molecule has 0 heterocycles. The highest BCUT2D eigenvalue weighted by Crippen LogP contribution is 2.21. The molecule has 0 bridgehead atoms. The summed E-state index contributed by atoms with van der Waals surface area (Å²) in [6.45, 7) is 10.0. The van der Waals surface area contributed by atoms with E-state index in [1.807, 2.05) is 23.6 Å². The molecule has 1 N–H and O–H groups in total. The highest BCUT2D eigenvalue weighted by molar-refractivity contribution is 5.80. The highest BCUT2D eigenvalue weighted by Gasteiger charge is 2.23. The van der Waals surface area contributed by atoms with Gasteiger partial charge in [-0.25, -0.2) is 0 Å². The Bertz CT molecular complexity index is 345. The quantitative estimate of drug-likeness (QED) is 0.779. The van der Waals surface area contributed by atoms with Crippen molar-refractivity contribution < 1.29 is 9.90 Å². The van der Waals surface area contributed by atoms with E-state index in [4.69, 9.17) is 0 Å². The van der Waals surface area contributed by atoms with Gasteiger partial charge in [-0.05, 0) is 53.0 Å². The van der Waals surface area contributed by atoms with Gasteiger partial charge in [-0.2, -0.15) is 0 Å². The summed E-state index contributed by atoms with van der Waals surface area (Å²) in [5.41, 5.74) is 0.417. The Morgan fingerprint density at radius 2 is 2.00 bits per heavy atom. The molecule has 1 rings (SSSR count). The minimum absolute atomic E-state index is 0.145. The fourth-order valence-corrected chi connectivity index (χ4v) is 2.71. The van der Waals surface area contributed by atoms with Crippen LogP contribution in [0.3, 0.4) is 0 Å². The van der Waals surface area contributed by atoms with E-state index in [1.54, 1.807) is 13.8 Å². The minimum atomic E-state index is -0.766. The highest BCUT2D eigenvalue weighted by atomic mass is 16.3. The first-order valence-electron chi connectivity index (χ1n) is 7.81. The Kier molecular flexibility index (Phi) is 6.69.